The van der Waals surface area contributed by atoms with Crippen molar-refractivity contribution < 1.29 is 29.0 Å². The molecule has 0 aliphatic heterocycles. The molecule has 0 saturated carbocycles. The highest BCUT2D eigenvalue weighted by Gasteiger charge is 2.22. The molecule has 0 bridgehead atoms. The number of nitrogens with one attached hydrogen (secondary N) is 3. The zero-order valence-corrected chi connectivity index (χ0v) is 30.7. The number of hydrogen-bond acceptors (Lipinski definition) is 6. The topological polar surface area (TPSA) is 134 Å². The number of carbonyl (C=O) groups excluding carboxylic acids is 3. The van der Waals surface area contributed by atoms with E-state index in [9.17, 15) is 24.3 Å². The van der Waals surface area contributed by atoms with E-state index < -0.39 is 18.1 Å². The molecular weight excluding hydrogens is 627 g/mol. The van der Waals surface area contributed by atoms with Crippen molar-refractivity contribution in [3.05, 3.63) is 35.9 Å². The molecule has 1 aromatic rings. The minimum Gasteiger partial charge on any atom is -0.480 e. The van der Waals surface area contributed by atoms with Crippen LogP contribution in [0.25, 0.3) is 0 Å². The number of benzene rings is 1. The number of alkyl carbamates (subject to hydrolysis) is 1. The van der Waals surface area contributed by atoms with E-state index in [0.29, 0.717) is 18.6 Å². The highest BCUT2D eigenvalue weighted by Crippen LogP contribution is 2.13. The van der Waals surface area contributed by atoms with Gasteiger partial charge in [0.2, 0.25) is 11.8 Å². The molecule has 0 radical (unpaired) electrons. The van der Waals surface area contributed by atoms with E-state index in [1.54, 1.807) is 0 Å². The van der Waals surface area contributed by atoms with Crippen molar-refractivity contribution in [3.8, 4) is 0 Å². The van der Waals surface area contributed by atoms with Gasteiger partial charge in [-0.25, -0.2) is 9.59 Å². The molecule has 4 N–H and O–H groups in total. The van der Waals surface area contributed by atoms with Crippen LogP contribution in [0.3, 0.4) is 0 Å². The van der Waals surface area contributed by atoms with Crippen LogP contribution in [0.2, 0.25) is 0 Å². The van der Waals surface area contributed by atoms with Crippen molar-refractivity contribution >= 4 is 35.6 Å². The van der Waals surface area contributed by atoms with Crippen molar-refractivity contribution in [1.29, 1.82) is 0 Å². The number of hydrogen-bond donors (Lipinski definition) is 4. The fraction of sp³-hybridized carbons (Fsp3) is 0.737. The van der Waals surface area contributed by atoms with Crippen LogP contribution in [0.15, 0.2) is 30.3 Å². The van der Waals surface area contributed by atoms with Crippen LogP contribution in [-0.2, 0) is 25.7 Å². The van der Waals surface area contributed by atoms with Crippen molar-refractivity contribution in [1.82, 2.24) is 16.0 Å². The molecule has 9 nitrogen and oxygen atoms in total. The molecule has 1 rings (SSSR count). The molecule has 2 unspecified atom stereocenters. The van der Waals surface area contributed by atoms with Crippen molar-refractivity contribution in [2.24, 2.45) is 0 Å². The molecular formula is C38H65N3O6S. The lowest BCUT2D eigenvalue weighted by Crippen LogP contribution is -2.46. The largest absolute Gasteiger partial charge is 0.480 e. The summed E-state index contributed by atoms with van der Waals surface area (Å²) in [5.41, 5.74) is 0.801. The highest BCUT2D eigenvalue weighted by molar-refractivity contribution is 7.99. The summed E-state index contributed by atoms with van der Waals surface area (Å²) in [5, 5.41) is 18.1. The molecule has 48 heavy (non-hydrogen) atoms. The summed E-state index contributed by atoms with van der Waals surface area (Å²) in [4.78, 5) is 49.5. The minimum atomic E-state index is -1.17. The zero-order chi connectivity index (χ0) is 35.1. The molecule has 1 aromatic carbocycles. The first-order chi connectivity index (χ1) is 23.3. The first kappa shape index (κ1) is 43.3. The molecule has 274 valence electrons. The van der Waals surface area contributed by atoms with Gasteiger partial charge in [0, 0.05) is 30.9 Å². The number of rotatable bonds is 31. The first-order valence-electron chi connectivity index (χ1n) is 18.7. The maximum atomic E-state index is 12.8. The average Bonchev–Trinajstić information content (AvgIpc) is 3.08. The Labute approximate surface area is 294 Å². The van der Waals surface area contributed by atoms with E-state index in [0.717, 1.165) is 44.1 Å². The number of amides is 3. The van der Waals surface area contributed by atoms with Gasteiger partial charge in [0.05, 0.1) is 6.04 Å². The third-order valence-electron chi connectivity index (χ3n) is 8.33. The van der Waals surface area contributed by atoms with Gasteiger partial charge in [0.25, 0.3) is 0 Å². The van der Waals surface area contributed by atoms with Crippen LogP contribution >= 0.6 is 11.8 Å². The quantitative estimate of drug-likeness (QED) is 0.0574. The second-order valence-electron chi connectivity index (χ2n) is 12.9. The summed E-state index contributed by atoms with van der Waals surface area (Å²) in [5.74, 6) is -0.778. The minimum absolute atomic E-state index is 0.0348. The Hall–Kier alpha value is -2.75. The lowest BCUT2D eigenvalue weighted by atomic mass is 10.1. The van der Waals surface area contributed by atoms with Crippen LogP contribution in [0.5, 0.6) is 0 Å². The van der Waals surface area contributed by atoms with Crippen molar-refractivity contribution in [2.75, 3.05) is 18.1 Å². The van der Waals surface area contributed by atoms with E-state index in [4.69, 9.17) is 4.74 Å². The predicted octanol–water partition coefficient (Wildman–Crippen LogP) is 8.54. The third-order valence-corrected chi connectivity index (χ3v) is 9.54. The van der Waals surface area contributed by atoms with Gasteiger partial charge in [-0.2, -0.15) is 11.8 Å². The second-order valence-corrected chi connectivity index (χ2v) is 13.9. The fourth-order valence-electron chi connectivity index (χ4n) is 5.38. The lowest BCUT2D eigenvalue weighted by Gasteiger charge is -2.21. The van der Waals surface area contributed by atoms with Gasteiger partial charge in [-0.05, 0) is 18.4 Å². The molecule has 2 atom stereocenters. The summed E-state index contributed by atoms with van der Waals surface area (Å²) >= 11 is 1.31. The fourth-order valence-corrected chi connectivity index (χ4v) is 6.46. The molecule has 3 amide bonds. The van der Waals surface area contributed by atoms with Gasteiger partial charge in [-0.1, -0.05) is 147 Å². The third kappa shape index (κ3) is 25.3. The summed E-state index contributed by atoms with van der Waals surface area (Å²) in [6.07, 6.45) is 21.3. The van der Waals surface area contributed by atoms with Crippen LogP contribution < -0.4 is 16.0 Å². The summed E-state index contributed by atoms with van der Waals surface area (Å²) in [6.45, 7) is 4.76. The van der Waals surface area contributed by atoms with E-state index in [2.05, 4.69) is 29.8 Å². The number of carboxylic acid groups (broad SMARTS) is 1. The zero-order valence-electron chi connectivity index (χ0n) is 29.9. The molecule has 0 aromatic heterocycles. The monoisotopic (exact) mass is 691 g/mol. The number of thioether (sulfide) groups is 1. The normalized spacial score (nSPS) is 12.2. The smallest absolute Gasteiger partial charge is 0.408 e. The highest BCUT2D eigenvalue weighted by atomic mass is 32.2. The van der Waals surface area contributed by atoms with Crippen molar-refractivity contribution in [3.63, 3.8) is 0 Å². The Morgan fingerprint density at radius 1 is 0.667 bits per heavy atom. The molecule has 0 aliphatic rings. The molecule has 10 heteroatoms. The molecule has 0 spiro atoms. The maximum absolute atomic E-state index is 12.8. The average molecular weight is 692 g/mol. The number of aliphatic carboxylic acids is 1. The van der Waals surface area contributed by atoms with E-state index >= 15 is 0 Å². The number of carboxylic acids is 1. The number of carbonyl (C=O) groups is 4. The summed E-state index contributed by atoms with van der Waals surface area (Å²) in [6, 6.07) is 7.65. The van der Waals surface area contributed by atoms with Gasteiger partial charge < -0.3 is 25.8 Å². The SMILES string of the molecule is CCCCCCCCCCCC(=O)NCC(CSCC(NC(=O)OCc1ccccc1)C(=O)O)NC(=O)CCCCCCCCCCC. The van der Waals surface area contributed by atoms with E-state index in [1.807, 2.05) is 30.3 Å². The molecule has 0 saturated heterocycles. The first-order valence-corrected chi connectivity index (χ1v) is 19.8. The number of unbranched alkanes of at least 4 members (excludes halogenated alkanes) is 16. The maximum Gasteiger partial charge on any atom is 0.408 e. The van der Waals surface area contributed by atoms with Crippen LogP contribution in [0, 0.1) is 0 Å². The summed E-state index contributed by atoms with van der Waals surface area (Å²) < 4.78 is 5.18. The summed E-state index contributed by atoms with van der Waals surface area (Å²) in [7, 11) is 0. The lowest BCUT2D eigenvalue weighted by molar-refractivity contribution is -0.138. The molecule has 0 fully saturated rings. The Balaban J connectivity index is 2.49. The predicted molar refractivity (Wildman–Crippen MR) is 197 cm³/mol. The Kier molecular flexibility index (Phi) is 27.3. The van der Waals surface area contributed by atoms with Crippen LogP contribution in [0.4, 0.5) is 4.79 Å². The van der Waals surface area contributed by atoms with Gasteiger partial charge >= 0.3 is 12.1 Å². The Bertz CT molecular complexity index is 980. The van der Waals surface area contributed by atoms with Crippen molar-refractivity contribution in [2.45, 2.75) is 161 Å². The Morgan fingerprint density at radius 3 is 1.69 bits per heavy atom. The van der Waals surface area contributed by atoms with Gasteiger partial charge in [0.15, 0.2) is 0 Å². The van der Waals surface area contributed by atoms with Crippen LogP contribution in [-0.4, -0.2) is 59.1 Å². The van der Waals surface area contributed by atoms with E-state index in [1.165, 1.54) is 88.8 Å². The van der Waals surface area contributed by atoms with E-state index in [-0.39, 0.29) is 36.8 Å². The van der Waals surface area contributed by atoms with Gasteiger partial charge in [-0.15, -0.1) is 0 Å². The second kappa shape index (κ2) is 30.3. The Morgan fingerprint density at radius 2 is 1.17 bits per heavy atom. The van der Waals surface area contributed by atoms with Gasteiger partial charge in [-0.3, -0.25) is 9.59 Å². The molecule has 0 heterocycles. The molecule has 0 aliphatic carbocycles. The van der Waals surface area contributed by atoms with Gasteiger partial charge in [0.1, 0.15) is 12.6 Å². The standard InChI is InChI=1S/C38H65N3O6S/c1-3-5-7-9-11-13-15-17-22-26-35(42)39-28-33(40-36(43)27-23-18-16-14-12-10-8-6-4-2)30-48-31-34(37(44)45)41-38(46)47-29-32-24-20-19-21-25-32/h19-21,24-25,33-34H,3-18,22-23,26-31H2,1-2H3,(H,39,42)(H,40,43)(H,41,46)(H,44,45). The number of ether oxygens (including phenoxy) is 1. The van der Waals surface area contributed by atoms with Crippen LogP contribution in [0.1, 0.15) is 148 Å².